The Morgan fingerprint density at radius 1 is 0.772 bits per heavy atom. The summed E-state index contributed by atoms with van der Waals surface area (Å²) >= 11 is 1.83. The normalized spacial score (nSPS) is 13.6. The van der Waals surface area contributed by atoms with Gasteiger partial charge in [0.2, 0.25) is 0 Å². The zero-order valence-electron chi connectivity index (χ0n) is 34.0. The van der Waals surface area contributed by atoms with Crippen molar-refractivity contribution in [1.29, 1.82) is 0 Å². The fraction of sp³-hybridized carbons (Fsp3) is 0.164. The fourth-order valence-electron chi connectivity index (χ4n) is 7.12. The number of unbranched alkanes of at least 4 members (excludes halogenated alkanes) is 1. The molecular formula is C55H55NS. The predicted molar refractivity (Wildman–Crippen MR) is 254 cm³/mol. The van der Waals surface area contributed by atoms with Gasteiger partial charge in [0, 0.05) is 33.1 Å². The second kappa shape index (κ2) is 20.3. The lowest BCUT2D eigenvalue weighted by Crippen LogP contribution is -2.20. The van der Waals surface area contributed by atoms with Crippen molar-refractivity contribution < 1.29 is 0 Å². The predicted octanol–water partition coefficient (Wildman–Crippen LogP) is 16.6. The molecule has 286 valence electrons. The molecule has 4 aromatic carbocycles. The van der Waals surface area contributed by atoms with E-state index in [0.717, 1.165) is 54.6 Å². The van der Waals surface area contributed by atoms with Crippen LogP contribution in [0.3, 0.4) is 0 Å². The summed E-state index contributed by atoms with van der Waals surface area (Å²) in [4.78, 5) is 3.62. The highest BCUT2D eigenvalue weighted by atomic mass is 32.1. The van der Waals surface area contributed by atoms with Crippen molar-refractivity contribution in [2.75, 3.05) is 4.90 Å². The van der Waals surface area contributed by atoms with Crippen molar-refractivity contribution in [2.24, 2.45) is 0 Å². The Morgan fingerprint density at radius 3 is 2.35 bits per heavy atom. The molecule has 57 heavy (non-hydrogen) atoms. The lowest BCUT2D eigenvalue weighted by Gasteiger charge is -2.29. The Hall–Kier alpha value is -5.96. The summed E-state index contributed by atoms with van der Waals surface area (Å²) in [5, 5.41) is 1.28. The van der Waals surface area contributed by atoms with E-state index >= 15 is 0 Å². The van der Waals surface area contributed by atoms with Gasteiger partial charge >= 0.3 is 0 Å². The number of hydrogen-bond donors (Lipinski definition) is 0. The number of anilines is 1. The third kappa shape index (κ3) is 10.7. The molecule has 1 nitrogen and oxygen atoms in total. The molecule has 1 aromatic heterocycles. The average Bonchev–Trinajstić information content (AvgIpc) is 3.44. The molecule has 1 aliphatic carbocycles. The third-order valence-electron chi connectivity index (χ3n) is 10.3. The zero-order chi connectivity index (χ0) is 40.0. The van der Waals surface area contributed by atoms with Crippen molar-refractivity contribution in [1.82, 2.24) is 0 Å². The Bertz CT molecular complexity index is 2430. The minimum absolute atomic E-state index is 0.748. The molecule has 1 heterocycles. The van der Waals surface area contributed by atoms with E-state index in [-0.39, 0.29) is 0 Å². The quantitative estimate of drug-likeness (QED) is 0.0550. The molecular weight excluding hydrogens is 707 g/mol. The Labute approximate surface area is 345 Å². The molecule has 0 aliphatic heterocycles. The maximum Gasteiger partial charge on any atom is 0.0458 e. The fourth-order valence-corrected chi connectivity index (χ4v) is 8.19. The Kier molecular flexibility index (Phi) is 14.5. The summed E-state index contributed by atoms with van der Waals surface area (Å²) < 4.78 is 1.31. The van der Waals surface area contributed by atoms with Gasteiger partial charge in [0.25, 0.3) is 0 Å². The van der Waals surface area contributed by atoms with Crippen molar-refractivity contribution in [3.05, 3.63) is 222 Å². The van der Waals surface area contributed by atoms with Crippen LogP contribution in [-0.4, -0.2) is 0 Å². The van der Waals surface area contributed by atoms with Gasteiger partial charge in [-0.3, -0.25) is 0 Å². The number of benzene rings is 4. The number of aryl methyl sites for hydroxylation is 1. The van der Waals surface area contributed by atoms with Crippen LogP contribution in [-0.2, 0) is 0 Å². The first-order chi connectivity index (χ1) is 27.9. The molecule has 0 radical (unpaired) electrons. The largest absolute Gasteiger partial charge is 0.315 e. The summed E-state index contributed by atoms with van der Waals surface area (Å²) in [6, 6.07) is 35.6. The second-order valence-corrected chi connectivity index (χ2v) is 15.5. The van der Waals surface area contributed by atoms with E-state index in [1.807, 2.05) is 11.3 Å². The van der Waals surface area contributed by atoms with Crippen molar-refractivity contribution in [3.8, 4) is 22.3 Å². The van der Waals surface area contributed by atoms with Gasteiger partial charge < -0.3 is 4.90 Å². The molecule has 0 N–H and O–H groups in total. The monoisotopic (exact) mass is 761 g/mol. The number of fused-ring (bicyclic) bond motifs is 1. The smallest absolute Gasteiger partial charge is 0.0458 e. The number of allylic oxidation sites excluding steroid dienone is 15. The maximum atomic E-state index is 4.35. The number of rotatable bonds is 16. The van der Waals surface area contributed by atoms with E-state index < -0.39 is 0 Å². The SMILES string of the molecule is C=C(C=CC/C(=C\C)N(C(/C=C\c1cc2ccc(C)cc2s1)=C/C)c1ccc(-c2ccc(-c3ccccc3)c(C3=CC=CCC=C3)c2)cc1)C(=C)CCC/C=C\C. The summed E-state index contributed by atoms with van der Waals surface area (Å²) in [5.74, 6) is 0. The summed E-state index contributed by atoms with van der Waals surface area (Å²) in [5.41, 5.74) is 14.1. The van der Waals surface area contributed by atoms with Crippen LogP contribution in [0.15, 0.2) is 206 Å². The summed E-state index contributed by atoms with van der Waals surface area (Å²) in [6.07, 6.45) is 33.5. The summed E-state index contributed by atoms with van der Waals surface area (Å²) in [7, 11) is 0. The summed E-state index contributed by atoms with van der Waals surface area (Å²) in [6.45, 7) is 17.2. The van der Waals surface area contributed by atoms with Crippen LogP contribution in [0.2, 0.25) is 0 Å². The number of thiophene rings is 1. The molecule has 6 rings (SSSR count). The van der Waals surface area contributed by atoms with Crippen LogP contribution in [0.4, 0.5) is 5.69 Å². The molecule has 5 aromatic rings. The molecule has 0 saturated carbocycles. The molecule has 0 saturated heterocycles. The van der Waals surface area contributed by atoms with Crippen molar-refractivity contribution in [3.63, 3.8) is 0 Å². The van der Waals surface area contributed by atoms with Crippen LogP contribution < -0.4 is 4.90 Å². The molecule has 0 unspecified atom stereocenters. The maximum absolute atomic E-state index is 4.35. The number of hydrogen-bond acceptors (Lipinski definition) is 2. The highest BCUT2D eigenvalue weighted by Crippen LogP contribution is 2.36. The van der Waals surface area contributed by atoms with E-state index in [0.29, 0.717) is 0 Å². The Morgan fingerprint density at radius 2 is 1.58 bits per heavy atom. The van der Waals surface area contributed by atoms with Crippen molar-refractivity contribution in [2.45, 2.75) is 59.8 Å². The zero-order valence-corrected chi connectivity index (χ0v) is 34.9. The third-order valence-corrected chi connectivity index (χ3v) is 11.4. The first-order valence-electron chi connectivity index (χ1n) is 20.2. The van der Waals surface area contributed by atoms with Crippen LogP contribution >= 0.6 is 11.3 Å². The van der Waals surface area contributed by atoms with Gasteiger partial charge in [-0.05, 0) is 151 Å². The second-order valence-electron chi connectivity index (χ2n) is 14.4. The molecule has 0 bridgehead atoms. The van der Waals surface area contributed by atoms with E-state index in [4.69, 9.17) is 0 Å². The van der Waals surface area contributed by atoms with Crippen LogP contribution in [0, 0.1) is 6.92 Å². The average molecular weight is 762 g/mol. The first-order valence-corrected chi connectivity index (χ1v) is 21.0. The molecule has 0 atom stereocenters. The molecule has 1 aliphatic rings. The van der Waals surface area contributed by atoms with Gasteiger partial charge in [0.15, 0.2) is 0 Å². The molecule has 0 spiro atoms. The van der Waals surface area contributed by atoms with Crippen molar-refractivity contribution >= 4 is 38.8 Å². The van der Waals surface area contributed by atoms with Gasteiger partial charge in [0.1, 0.15) is 0 Å². The lowest BCUT2D eigenvalue weighted by atomic mass is 9.90. The Balaban J connectivity index is 1.32. The highest BCUT2D eigenvalue weighted by Gasteiger charge is 2.16. The van der Waals surface area contributed by atoms with Crippen LogP contribution in [0.5, 0.6) is 0 Å². The minimum Gasteiger partial charge on any atom is -0.315 e. The van der Waals surface area contributed by atoms with E-state index in [9.17, 15) is 0 Å². The standard InChI is InChI=1S/C55H55NS/c1-7-10-11-15-21-42(5)43(6)22-20-27-49(8-2)56(50(9-3)35-36-52-39-48-29-28-41(4)38-55(48)57-52)51-33-30-44(31-34-51)47-32-37-53(45-23-18-14-19-24-45)54(40-47)46-25-16-12-13-17-26-46/h7-10,12,14,16-20,22-26,28-40H,5-6,11,13,15,21,27H2,1-4H3/b10-7-,22-20?,36-35-,49-8+,50-9+. The molecule has 0 amide bonds. The topological polar surface area (TPSA) is 3.24 Å². The van der Waals surface area contributed by atoms with Crippen LogP contribution in [0.25, 0.3) is 44.0 Å². The molecule has 2 heteroatoms. The minimum atomic E-state index is 0.748. The van der Waals surface area contributed by atoms with Crippen LogP contribution in [0.1, 0.15) is 68.9 Å². The van der Waals surface area contributed by atoms with Gasteiger partial charge in [-0.25, -0.2) is 0 Å². The van der Waals surface area contributed by atoms with E-state index in [1.165, 1.54) is 59.6 Å². The van der Waals surface area contributed by atoms with E-state index in [2.05, 4.69) is 222 Å². The van der Waals surface area contributed by atoms with Gasteiger partial charge in [0.05, 0.1) is 0 Å². The highest BCUT2D eigenvalue weighted by molar-refractivity contribution is 7.19. The van der Waals surface area contributed by atoms with Gasteiger partial charge in [-0.2, -0.15) is 0 Å². The van der Waals surface area contributed by atoms with Gasteiger partial charge in [-0.15, -0.1) is 11.3 Å². The first kappa shape index (κ1) is 40.7. The van der Waals surface area contributed by atoms with E-state index in [1.54, 1.807) is 0 Å². The molecule has 0 fully saturated rings. The van der Waals surface area contributed by atoms with Gasteiger partial charge in [-0.1, -0.05) is 147 Å². The lowest BCUT2D eigenvalue weighted by molar-refractivity contribution is 0.842. The number of nitrogens with zero attached hydrogens (tertiary/aromatic N) is 1.